The van der Waals surface area contributed by atoms with Crippen molar-refractivity contribution in [3.8, 4) is 0 Å². The summed E-state index contributed by atoms with van der Waals surface area (Å²) in [5.74, 6) is 0.613. The first-order valence-electron chi connectivity index (χ1n) is 7.33. The van der Waals surface area contributed by atoms with Crippen LogP contribution in [0.3, 0.4) is 0 Å². The molecule has 1 atom stereocenters. The van der Waals surface area contributed by atoms with E-state index in [1.54, 1.807) is 24.3 Å². The number of nitrogens with zero attached hydrogens (tertiary/aromatic N) is 1. The average molecular weight is 332 g/mol. The fourth-order valence-corrected chi connectivity index (χ4v) is 4.19. The minimum absolute atomic E-state index is 0.125. The van der Waals surface area contributed by atoms with Gasteiger partial charge in [0.25, 0.3) is 0 Å². The van der Waals surface area contributed by atoms with Crippen LogP contribution in [0.1, 0.15) is 19.3 Å². The van der Waals surface area contributed by atoms with Gasteiger partial charge in [-0.1, -0.05) is 11.6 Å². The van der Waals surface area contributed by atoms with Crippen molar-refractivity contribution in [1.82, 2.24) is 4.90 Å². The van der Waals surface area contributed by atoms with Crippen LogP contribution < -0.4 is 0 Å². The topological polar surface area (TPSA) is 57.6 Å². The lowest BCUT2D eigenvalue weighted by Crippen LogP contribution is -2.38. The second-order valence-electron chi connectivity index (χ2n) is 5.59. The zero-order valence-corrected chi connectivity index (χ0v) is 13.6. The number of hydrogen-bond donors (Lipinski definition) is 1. The van der Waals surface area contributed by atoms with Gasteiger partial charge < -0.3 is 10.0 Å². The highest BCUT2D eigenvalue weighted by Gasteiger charge is 2.22. The number of aliphatic hydroxyl groups excluding tert-OH is 1. The lowest BCUT2D eigenvalue weighted by atomic mass is 9.95. The van der Waals surface area contributed by atoms with Crippen molar-refractivity contribution in [2.75, 3.05) is 32.0 Å². The van der Waals surface area contributed by atoms with Crippen LogP contribution in [0.5, 0.6) is 0 Å². The maximum atomic E-state index is 12.3. The molecule has 21 heavy (non-hydrogen) atoms. The molecule has 1 fully saturated rings. The van der Waals surface area contributed by atoms with Crippen molar-refractivity contribution >= 4 is 21.4 Å². The lowest BCUT2D eigenvalue weighted by Gasteiger charge is -2.32. The third-order valence-electron chi connectivity index (χ3n) is 3.99. The van der Waals surface area contributed by atoms with E-state index >= 15 is 0 Å². The Morgan fingerprint density at radius 3 is 2.67 bits per heavy atom. The quantitative estimate of drug-likeness (QED) is 0.868. The molecule has 1 N–H and O–H groups in total. The molecule has 0 aromatic heterocycles. The lowest BCUT2D eigenvalue weighted by molar-refractivity contribution is 0.154. The van der Waals surface area contributed by atoms with Crippen LogP contribution in [0.25, 0.3) is 0 Å². The van der Waals surface area contributed by atoms with E-state index in [2.05, 4.69) is 4.90 Å². The monoisotopic (exact) mass is 331 g/mol. The van der Waals surface area contributed by atoms with E-state index in [4.69, 9.17) is 16.7 Å². The minimum atomic E-state index is -3.26. The third kappa shape index (κ3) is 4.95. The van der Waals surface area contributed by atoms with Crippen LogP contribution in [-0.2, 0) is 9.84 Å². The Labute approximate surface area is 131 Å². The van der Waals surface area contributed by atoms with Gasteiger partial charge in [-0.25, -0.2) is 8.42 Å². The number of halogens is 1. The van der Waals surface area contributed by atoms with Gasteiger partial charge in [-0.3, -0.25) is 0 Å². The first-order chi connectivity index (χ1) is 10.0. The highest BCUT2D eigenvalue weighted by atomic mass is 35.5. The Hall–Kier alpha value is -0.620. The molecular weight excluding hydrogens is 310 g/mol. The highest BCUT2D eigenvalue weighted by Crippen LogP contribution is 2.20. The smallest absolute Gasteiger partial charge is 0.179 e. The average Bonchev–Trinajstić information content (AvgIpc) is 2.47. The normalized spacial score (nSPS) is 20.6. The van der Waals surface area contributed by atoms with E-state index in [1.807, 2.05) is 0 Å². The molecule has 0 saturated carbocycles. The summed E-state index contributed by atoms with van der Waals surface area (Å²) >= 11 is 5.78. The van der Waals surface area contributed by atoms with Gasteiger partial charge in [0, 0.05) is 24.7 Å². The molecule has 1 aliphatic rings. The molecule has 0 spiro atoms. The molecule has 1 heterocycles. The number of hydrogen-bond acceptors (Lipinski definition) is 4. The van der Waals surface area contributed by atoms with Crippen LogP contribution in [0, 0.1) is 5.92 Å². The van der Waals surface area contributed by atoms with E-state index in [-0.39, 0.29) is 12.4 Å². The Morgan fingerprint density at radius 2 is 2.00 bits per heavy atom. The molecule has 1 aliphatic heterocycles. The van der Waals surface area contributed by atoms with E-state index in [1.165, 1.54) is 0 Å². The highest BCUT2D eigenvalue weighted by molar-refractivity contribution is 7.91. The predicted molar refractivity (Wildman–Crippen MR) is 84.4 cm³/mol. The zero-order chi connectivity index (χ0) is 15.3. The first kappa shape index (κ1) is 16.7. The van der Waals surface area contributed by atoms with Crippen molar-refractivity contribution < 1.29 is 13.5 Å². The summed E-state index contributed by atoms with van der Waals surface area (Å²) in [6, 6.07) is 6.32. The molecule has 0 bridgehead atoms. The summed E-state index contributed by atoms with van der Waals surface area (Å²) in [5, 5.41) is 9.55. The van der Waals surface area contributed by atoms with Crippen molar-refractivity contribution in [2.24, 2.45) is 5.92 Å². The van der Waals surface area contributed by atoms with Gasteiger partial charge >= 0.3 is 0 Å². The van der Waals surface area contributed by atoms with Gasteiger partial charge in [-0.05, 0) is 56.0 Å². The second-order valence-corrected chi connectivity index (χ2v) is 8.14. The molecule has 2 rings (SSSR count). The zero-order valence-electron chi connectivity index (χ0n) is 12.0. The van der Waals surface area contributed by atoms with Crippen LogP contribution in [0.4, 0.5) is 0 Å². The molecule has 118 valence electrons. The molecule has 0 amide bonds. The van der Waals surface area contributed by atoms with Crippen LogP contribution in [0.15, 0.2) is 29.2 Å². The number of sulfone groups is 1. The number of aliphatic hydroxyl groups is 1. The molecule has 0 unspecified atom stereocenters. The molecule has 0 radical (unpaired) electrons. The molecule has 1 aromatic rings. The largest absolute Gasteiger partial charge is 0.396 e. The van der Waals surface area contributed by atoms with Gasteiger partial charge in [0.2, 0.25) is 0 Å². The SMILES string of the molecule is O=S(=O)(CCN1CCC[C@H](CCO)C1)c1ccc(Cl)cc1. The van der Waals surface area contributed by atoms with Crippen molar-refractivity contribution in [1.29, 1.82) is 0 Å². The molecule has 1 saturated heterocycles. The minimum Gasteiger partial charge on any atom is -0.396 e. The molecule has 1 aromatic carbocycles. The van der Waals surface area contributed by atoms with Crippen molar-refractivity contribution in [2.45, 2.75) is 24.2 Å². The predicted octanol–water partition coefficient (Wildman–Crippen LogP) is 2.21. The molecule has 4 nitrogen and oxygen atoms in total. The van der Waals surface area contributed by atoms with Crippen molar-refractivity contribution in [3.63, 3.8) is 0 Å². The number of benzene rings is 1. The van der Waals surface area contributed by atoms with Gasteiger partial charge in [0.1, 0.15) is 0 Å². The first-order valence-corrected chi connectivity index (χ1v) is 9.36. The van der Waals surface area contributed by atoms with E-state index < -0.39 is 9.84 Å². The Bertz CT molecular complexity index is 543. The maximum Gasteiger partial charge on any atom is 0.179 e. The summed E-state index contributed by atoms with van der Waals surface area (Å²) < 4.78 is 24.6. The Morgan fingerprint density at radius 1 is 1.29 bits per heavy atom. The van der Waals surface area contributed by atoms with Gasteiger partial charge in [0.05, 0.1) is 10.6 Å². The fraction of sp³-hybridized carbons (Fsp3) is 0.600. The van der Waals surface area contributed by atoms with Crippen LogP contribution in [0.2, 0.25) is 5.02 Å². The van der Waals surface area contributed by atoms with Crippen LogP contribution >= 0.6 is 11.6 Å². The number of piperidine rings is 1. The standard InChI is InChI=1S/C15H22ClNO3S/c16-14-3-5-15(6-4-14)21(19,20)11-9-17-8-1-2-13(12-17)7-10-18/h3-6,13,18H,1-2,7-12H2/t13-/m1/s1. The third-order valence-corrected chi connectivity index (χ3v) is 5.95. The van der Waals surface area contributed by atoms with Gasteiger partial charge in [-0.2, -0.15) is 0 Å². The number of likely N-dealkylation sites (tertiary alicyclic amines) is 1. The van der Waals surface area contributed by atoms with Crippen molar-refractivity contribution in [3.05, 3.63) is 29.3 Å². The maximum absolute atomic E-state index is 12.3. The van der Waals surface area contributed by atoms with E-state index in [0.717, 1.165) is 32.4 Å². The van der Waals surface area contributed by atoms with E-state index in [0.29, 0.717) is 22.4 Å². The summed E-state index contributed by atoms with van der Waals surface area (Å²) in [7, 11) is -3.26. The van der Waals surface area contributed by atoms with Gasteiger partial charge in [0.15, 0.2) is 9.84 Å². The fourth-order valence-electron chi connectivity index (χ4n) is 2.78. The Balaban J connectivity index is 1.91. The molecule has 6 heteroatoms. The van der Waals surface area contributed by atoms with Gasteiger partial charge in [-0.15, -0.1) is 0 Å². The van der Waals surface area contributed by atoms with E-state index in [9.17, 15) is 8.42 Å². The summed E-state index contributed by atoms with van der Waals surface area (Å²) in [6.07, 6.45) is 3.01. The summed E-state index contributed by atoms with van der Waals surface area (Å²) in [4.78, 5) is 2.52. The molecular formula is C15H22ClNO3S. The second kappa shape index (κ2) is 7.58. The van der Waals surface area contributed by atoms with Crippen LogP contribution in [-0.4, -0.2) is 50.4 Å². The Kier molecular flexibility index (Phi) is 6.05. The summed E-state index contributed by atoms with van der Waals surface area (Å²) in [6.45, 7) is 2.59. The molecule has 0 aliphatic carbocycles. The number of rotatable bonds is 6. The summed E-state index contributed by atoms with van der Waals surface area (Å²) in [5.41, 5.74) is 0.